The molecule has 5 heteroatoms. The van der Waals surface area contributed by atoms with E-state index in [1.165, 1.54) is 0 Å². The van der Waals surface area contributed by atoms with E-state index in [9.17, 15) is 0 Å². The summed E-state index contributed by atoms with van der Waals surface area (Å²) in [5.74, 6) is 1.45. The highest BCUT2D eigenvalue weighted by Gasteiger charge is 2.09. The number of hydrogen-bond donors (Lipinski definition) is 1. The number of nitrogens with zero attached hydrogens (tertiary/aromatic N) is 1. The smallest absolute Gasteiger partial charge is 0.161 e. The fraction of sp³-hybridized carbons (Fsp3) is 0.312. The summed E-state index contributed by atoms with van der Waals surface area (Å²) in [5.41, 5.74) is 2.02. The quantitative estimate of drug-likeness (QED) is 0.862. The second kappa shape index (κ2) is 7.43. The second-order valence-electron chi connectivity index (χ2n) is 4.68. The molecule has 21 heavy (non-hydrogen) atoms. The zero-order chi connectivity index (χ0) is 15.2. The molecule has 0 aliphatic heterocycles. The van der Waals surface area contributed by atoms with E-state index < -0.39 is 0 Å². The maximum atomic E-state index is 5.80. The van der Waals surface area contributed by atoms with Gasteiger partial charge in [0.25, 0.3) is 0 Å². The highest BCUT2D eigenvalue weighted by Crippen LogP contribution is 2.30. The Labute approximate surface area is 133 Å². The van der Waals surface area contributed by atoms with Crippen LogP contribution in [-0.4, -0.2) is 19.1 Å². The lowest BCUT2D eigenvalue weighted by Gasteiger charge is -2.15. The number of hydrogen-bond acceptors (Lipinski definition) is 4. The highest BCUT2D eigenvalue weighted by atomic mass is 79.9. The summed E-state index contributed by atoms with van der Waals surface area (Å²) in [6.45, 7) is 2.51. The first-order valence-electron chi connectivity index (χ1n) is 6.72. The van der Waals surface area contributed by atoms with Crippen LogP contribution in [0.5, 0.6) is 11.5 Å². The van der Waals surface area contributed by atoms with Crippen molar-refractivity contribution >= 4 is 15.9 Å². The first-order valence-corrected chi connectivity index (χ1v) is 7.51. The van der Waals surface area contributed by atoms with Crippen LogP contribution in [0.25, 0.3) is 0 Å². The van der Waals surface area contributed by atoms with Gasteiger partial charge in [0, 0.05) is 16.7 Å². The molecule has 0 radical (unpaired) electrons. The van der Waals surface area contributed by atoms with Gasteiger partial charge in [0.15, 0.2) is 11.5 Å². The molecule has 0 spiro atoms. The van der Waals surface area contributed by atoms with Crippen molar-refractivity contribution in [3.05, 3.63) is 52.3 Å². The van der Waals surface area contributed by atoms with Crippen LogP contribution in [0, 0.1) is 0 Å². The molecule has 2 aromatic rings. The molecule has 0 bridgehead atoms. The summed E-state index contributed by atoms with van der Waals surface area (Å²) in [4.78, 5) is 4.29. The number of benzene rings is 1. The molecule has 0 amide bonds. The standard InChI is InChI=1S/C16H19BrN2O2/c1-11(18-2)12-4-7-15(16(8-12)20-3)21-10-14-6-5-13(17)9-19-14/h4-9,11,18H,10H2,1-3H3. The van der Waals surface area contributed by atoms with Crippen LogP contribution in [-0.2, 0) is 6.61 Å². The molecule has 0 aliphatic rings. The van der Waals surface area contributed by atoms with Crippen LogP contribution >= 0.6 is 15.9 Å². The van der Waals surface area contributed by atoms with Crippen molar-refractivity contribution < 1.29 is 9.47 Å². The summed E-state index contributed by atoms with van der Waals surface area (Å²) in [6, 6.07) is 10.1. The lowest BCUT2D eigenvalue weighted by atomic mass is 10.1. The molecule has 0 saturated carbocycles. The highest BCUT2D eigenvalue weighted by molar-refractivity contribution is 9.10. The van der Waals surface area contributed by atoms with Gasteiger partial charge in [-0.3, -0.25) is 4.98 Å². The topological polar surface area (TPSA) is 43.4 Å². The molecule has 112 valence electrons. The number of halogens is 1. The molecule has 1 N–H and O–H groups in total. The third-order valence-corrected chi connectivity index (χ3v) is 3.75. The average Bonchev–Trinajstić information content (AvgIpc) is 2.53. The zero-order valence-corrected chi connectivity index (χ0v) is 14.0. The zero-order valence-electron chi connectivity index (χ0n) is 12.4. The van der Waals surface area contributed by atoms with E-state index in [1.54, 1.807) is 13.3 Å². The van der Waals surface area contributed by atoms with E-state index in [0.29, 0.717) is 12.4 Å². The Morgan fingerprint density at radius 1 is 1.24 bits per heavy atom. The number of ether oxygens (including phenoxy) is 2. The molecule has 1 aromatic carbocycles. The van der Waals surface area contributed by atoms with Gasteiger partial charge in [0.2, 0.25) is 0 Å². The average molecular weight is 351 g/mol. The Morgan fingerprint density at radius 2 is 2.05 bits per heavy atom. The number of pyridine rings is 1. The van der Waals surface area contributed by atoms with Gasteiger partial charge in [-0.05, 0) is 59.7 Å². The normalized spacial score (nSPS) is 12.0. The minimum atomic E-state index is 0.265. The molecular weight excluding hydrogens is 332 g/mol. The Hall–Kier alpha value is -1.59. The predicted molar refractivity (Wildman–Crippen MR) is 86.7 cm³/mol. The van der Waals surface area contributed by atoms with Gasteiger partial charge in [-0.1, -0.05) is 6.07 Å². The predicted octanol–water partition coefficient (Wildman–Crippen LogP) is 3.71. The van der Waals surface area contributed by atoms with Crippen LogP contribution in [0.1, 0.15) is 24.2 Å². The largest absolute Gasteiger partial charge is 0.493 e. The van der Waals surface area contributed by atoms with Gasteiger partial charge < -0.3 is 14.8 Å². The van der Waals surface area contributed by atoms with Crippen LogP contribution in [0.3, 0.4) is 0 Å². The molecule has 0 fully saturated rings. The molecular formula is C16H19BrN2O2. The molecule has 1 atom stereocenters. The van der Waals surface area contributed by atoms with Crippen molar-refractivity contribution in [2.75, 3.05) is 14.2 Å². The number of aromatic nitrogens is 1. The number of methoxy groups -OCH3 is 1. The van der Waals surface area contributed by atoms with Crippen molar-refractivity contribution in [1.82, 2.24) is 10.3 Å². The van der Waals surface area contributed by atoms with Gasteiger partial charge in [-0.15, -0.1) is 0 Å². The maximum Gasteiger partial charge on any atom is 0.161 e. The lowest BCUT2D eigenvalue weighted by molar-refractivity contribution is 0.280. The first-order chi connectivity index (χ1) is 10.1. The van der Waals surface area contributed by atoms with Crippen molar-refractivity contribution in [1.29, 1.82) is 0 Å². The van der Waals surface area contributed by atoms with E-state index in [4.69, 9.17) is 9.47 Å². The van der Waals surface area contributed by atoms with E-state index in [0.717, 1.165) is 21.5 Å². The Balaban J connectivity index is 2.10. The second-order valence-corrected chi connectivity index (χ2v) is 5.59. The van der Waals surface area contributed by atoms with E-state index in [1.807, 2.05) is 37.4 Å². The van der Waals surface area contributed by atoms with Crippen molar-refractivity contribution in [3.8, 4) is 11.5 Å². The minimum Gasteiger partial charge on any atom is -0.493 e. The third kappa shape index (κ3) is 4.19. The van der Waals surface area contributed by atoms with Crippen molar-refractivity contribution in [2.24, 2.45) is 0 Å². The molecule has 0 saturated heterocycles. The fourth-order valence-electron chi connectivity index (χ4n) is 1.88. The van der Waals surface area contributed by atoms with Crippen LogP contribution in [0.15, 0.2) is 41.0 Å². The van der Waals surface area contributed by atoms with Crippen LogP contribution in [0.4, 0.5) is 0 Å². The van der Waals surface area contributed by atoms with Gasteiger partial charge in [-0.25, -0.2) is 0 Å². The van der Waals surface area contributed by atoms with E-state index >= 15 is 0 Å². The van der Waals surface area contributed by atoms with Gasteiger partial charge in [0.05, 0.1) is 12.8 Å². The van der Waals surface area contributed by atoms with Crippen LogP contribution in [0.2, 0.25) is 0 Å². The Bertz CT molecular complexity index is 587. The van der Waals surface area contributed by atoms with E-state index in [-0.39, 0.29) is 6.04 Å². The summed E-state index contributed by atoms with van der Waals surface area (Å²) in [5, 5.41) is 3.20. The van der Waals surface area contributed by atoms with Gasteiger partial charge in [-0.2, -0.15) is 0 Å². The molecule has 0 aliphatic carbocycles. The third-order valence-electron chi connectivity index (χ3n) is 3.28. The summed E-state index contributed by atoms with van der Waals surface area (Å²) >= 11 is 3.36. The molecule has 1 heterocycles. The van der Waals surface area contributed by atoms with E-state index in [2.05, 4.69) is 33.2 Å². The lowest BCUT2D eigenvalue weighted by Crippen LogP contribution is -2.12. The van der Waals surface area contributed by atoms with Gasteiger partial charge in [0.1, 0.15) is 6.61 Å². The summed E-state index contributed by atoms with van der Waals surface area (Å²) in [7, 11) is 3.58. The summed E-state index contributed by atoms with van der Waals surface area (Å²) in [6.07, 6.45) is 1.76. The Morgan fingerprint density at radius 3 is 2.67 bits per heavy atom. The first kappa shape index (κ1) is 15.8. The molecule has 1 aromatic heterocycles. The SMILES string of the molecule is CNC(C)c1ccc(OCc2ccc(Br)cn2)c(OC)c1. The van der Waals surface area contributed by atoms with Crippen LogP contribution < -0.4 is 14.8 Å². The molecule has 1 unspecified atom stereocenters. The molecule has 2 rings (SSSR count). The summed E-state index contributed by atoms with van der Waals surface area (Å²) < 4.78 is 12.2. The monoisotopic (exact) mass is 350 g/mol. The van der Waals surface area contributed by atoms with Gasteiger partial charge >= 0.3 is 0 Å². The maximum absolute atomic E-state index is 5.80. The van der Waals surface area contributed by atoms with Crippen molar-refractivity contribution in [3.63, 3.8) is 0 Å². The number of rotatable bonds is 6. The minimum absolute atomic E-state index is 0.265. The van der Waals surface area contributed by atoms with Crippen molar-refractivity contribution in [2.45, 2.75) is 19.6 Å². The molecule has 4 nitrogen and oxygen atoms in total. The Kier molecular flexibility index (Phi) is 5.59. The number of nitrogens with one attached hydrogen (secondary N) is 1. The fourth-order valence-corrected chi connectivity index (χ4v) is 2.12.